The molecule has 49 heavy (non-hydrogen) atoms. The Morgan fingerprint density at radius 2 is 1.67 bits per heavy atom. The Morgan fingerprint density at radius 3 is 2.16 bits per heavy atom. The quantitative estimate of drug-likeness (QED) is 0.183. The van der Waals surface area contributed by atoms with Crippen LogP contribution in [0.15, 0.2) is 47.4 Å². The number of carboxylic acid groups (broad SMARTS) is 1. The van der Waals surface area contributed by atoms with Crippen LogP contribution in [-0.4, -0.2) is 67.5 Å². The van der Waals surface area contributed by atoms with Crippen molar-refractivity contribution < 1.29 is 37.1 Å². The lowest BCUT2D eigenvalue weighted by Gasteiger charge is -2.21. The van der Waals surface area contributed by atoms with Crippen LogP contribution in [0.25, 0.3) is 11.1 Å². The normalized spacial score (nSPS) is 11.7. The van der Waals surface area contributed by atoms with Gasteiger partial charge in [0.1, 0.15) is 18.2 Å². The van der Waals surface area contributed by atoms with Gasteiger partial charge in [-0.2, -0.15) is 13.2 Å². The third kappa shape index (κ3) is 13.1. The summed E-state index contributed by atoms with van der Waals surface area (Å²) < 4.78 is 56.5. The van der Waals surface area contributed by atoms with Gasteiger partial charge in [0, 0.05) is 42.5 Å². The minimum Gasteiger partial charge on any atom is -0.481 e. The number of amides is 1. The molecule has 0 aliphatic heterocycles. The fourth-order valence-corrected chi connectivity index (χ4v) is 5.25. The van der Waals surface area contributed by atoms with Crippen LogP contribution in [0.5, 0.6) is 0 Å². The molecule has 0 saturated carbocycles. The number of nitrogens with one attached hydrogen (secondary N) is 2. The fourth-order valence-electron chi connectivity index (χ4n) is 4.92. The number of alkyl halides is 3. The first-order valence-electron chi connectivity index (χ1n) is 15.3. The van der Waals surface area contributed by atoms with E-state index in [1.165, 1.54) is 13.1 Å². The molecule has 0 saturated heterocycles. The molecule has 0 aliphatic rings. The number of hydrogen-bond acceptors (Lipinski definition) is 6. The lowest BCUT2D eigenvalue weighted by atomic mass is 9.90. The predicted octanol–water partition coefficient (Wildman–Crippen LogP) is 6.52. The van der Waals surface area contributed by atoms with Gasteiger partial charge >= 0.3 is 12.1 Å². The van der Waals surface area contributed by atoms with Crippen LogP contribution in [0.3, 0.4) is 0 Å². The SMILES string of the molecule is C=O.CC(C)CCNC(=O)c1cccn(CCN(C)C)c1=O.CNC(CC(=O)O)c1cc(-c2c(C)cc(Cl)cc2C)cc(C(F)(F)F)c1F. The van der Waals surface area contributed by atoms with Gasteiger partial charge in [0.05, 0.1) is 12.0 Å². The number of likely N-dealkylation sites (N-methyl/N-ethyl adjacent to an activating group) is 1. The number of hydrogen-bond donors (Lipinski definition) is 3. The van der Waals surface area contributed by atoms with Crippen LogP contribution in [-0.2, 0) is 22.3 Å². The van der Waals surface area contributed by atoms with E-state index in [1.54, 1.807) is 48.9 Å². The molecule has 3 rings (SSSR count). The highest BCUT2D eigenvalue weighted by atomic mass is 35.5. The zero-order valence-electron chi connectivity index (χ0n) is 28.8. The van der Waals surface area contributed by atoms with Crippen molar-refractivity contribution in [3.63, 3.8) is 0 Å². The summed E-state index contributed by atoms with van der Waals surface area (Å²) in [5.74, 6) is -2.49. The van der Waals surface area contributed by atoms with Crippen molar-refractivity contribution in [2.45, 2.75) is 59.3 Å². The second-order valence-corrected chi connectivity index (χ2v) is 12.4. The van der Waals surface area contributed by atoms with Crippen LogP contribution in [0, 0.1) is 25.6 Å². The number of aryl methyl sites for hydroxylation is 2. The van der Waals surface area contributed by atoms with Gasteiger partial charge in [-0.25, -0.2) is 4.39 Å². The number of nitrogens with zero attached hydrogens (tertiary/aromatic N) is 2. The molecule has 0 fully saturated rings. The Hall–Kier alpha value is -4.07. The van der Waals surface area contributed by atoms with E-state index < -0.39 is 36.0 Å². The first-order valence-corrected chi connectivity index (χ1v) is 15.7. The van der Waals surface area contributed by atoms with Crippen molar-refractivity contribution in [2.75, 3.05) is 34.2 Å². The highest BCUT2D eigenvalue weighted by Crippen LogP contribution is 2.40. The van der Waals surface area contributed by atoms with E-state index in [4.69, 9.17) is 21.5 Å². The van der Waals surface area contributed by atoms with Crippen molar-refractivity contribution >= 4 is 30.3 Å². The van der Waals surface area contributed by atoms with E-state index >= 15 is 0 Å². The molecular formula is C35H45ClF4N4O5. The first-order chi connectivity index (χ1) is 22.9. The largest absolute Gasteiger partial charge is 0.481 e. The first kappa shape index (κ1) is 43.0. The van der Waals surface area contributed by atoms with Crippen LogP contribution in [0.2, 0.25) is 5.02 Å². The van der Waals surface area contributed by atoms with E-state index in [9.17, 15) is 31.9 Å². The zero-order valence-corrected chi connectivity index (χ0v) is 29.6. The Balaban J connectivity index is 0.000000486. The zero-order chi connectivity index (χ0) is 37.6. The van der Waals surface area contributed by atoms with Crippen molar-refractivity contribution in [3.8, 4) is 11.1 Å². The molecule has 0 bridgehead atoms. The Bertz CT molecular complexity index is 1600. The summed E-state index contributed by atoms with van der Waals surface area (Å²) in [4.78, 5) is 45.2. The van der Waals surface area contributed by atoms with Crippen LogP contribution < -0.4 is 16.2 Å². The molecule has 3 aromatic rings. The molecule has 1 atom stereocenters. The average molecular weight is 713 g/mol. The summed E-state index contributed by atoms with van der Waals surface area (Å²) in [5, 5.41) is 14.8. The van der Waals surface area contributed by atoms with Crippen molar-refractivity contribution in [2.24, 2.45) is 5.92 Å². The Labute approximate surface area is 289 Å². The molecule has 1 heterocycles. The lowest BCUT2D eigenvalue weighted by Crippen LogP contribution is -2.34. The molecule has 0 aliphatic carbocycles. The molecule has 9 nitrogen and oxygen atoms in total. The third-order valence-electron chi connectivity index (χ3n) is 7.36. The summed E-state index contributed by atoms with van der Waals surface area (Å²) in [5.41, 5.74) is 0.112. The number of carbonyl (C=O) groups excluding carboxylic acids is 2. The van der Waals surface area contributed by atoms with Crippen molar-refractivity contribution in [1.82, 2.24) is 20.1 Å². The Morgan fingerprint density at radius 1 is 1.08 bits per heavy atom. The number of aliphatic carboxylic acids is 1. The monoisotopic (exact) mass is 712 g/mol. The van der Waals surface area contributed by atoms with E-state index in [0.29, 0.717) is 40.7 Å². The van der Waals surface area contributed by atoms with Crippen molar-refractivity contribution in [1.29, 1.82) is 0 Å². The van der Waals surface area contributed by atoms with Gasteiger partial charge in [-0.15, -0.1) is 0 Å². The molecule has 1 unspecified atom stereocenters. The number of benzene rings is 2. The number of halogens is 5. The highest BCUT2D eigenvalue weighted by Gasteiger charge is 2.37. The number of carboxylic acids is 1. The van der Waals surface area contributed by atoms with Gasteiger partial charge in [-0.3, -0.25) is 14.4 Å². The fraction of sp³-hybridized carbons (Fsp3) is 0.429. The third-order valence-corrected chi connectivity index (χ3v) is 7.57. The summed E-state index contributed by atoms with van der Waals surface area (Å²) in [6.45, 7) is 11.5. The second kappa shape index (κ2) is 19.8. The molecule has 14 heteroatoms. The molecular weight excluding hydrogens is 668 g/mol. The predicted molar refractivity (Wildman–Crippen MR) is 184 cm³/mol. The molecule has 270 valence electrons. The van der Waals surface area contributed by atoms with E-state index in [-0.39, 0.29) is 28.2 Å². The van der Waals surface area contributed by atoms with Crippen molar-refractivity contribution in [3.05, 3.63) is 91.6 Å². The van der Waals surface area contributed by atoms with Gasteiger partial charge in [0.25, 0.3) is 11.5 Å². The summed E-state index contributed by atoms with van der Waals surface area (Å²) >= 11 is 5.98. The molecule has 1 aromatic heterocycles. The van der Waals surface area contributed by atoms with E-state index in [1.807, 2.05) is 25.8 Å². The summed E-state index contributed by atoms with van der Waals surface area (Å²) in [6, 6.07) is 7.43. The maximum absolute atomic E-state index is 14.6. The molecule has 1 amide bonds. The average Bonchev–Trinajstić information content (AvgIpc) is 3.00. The second-order valence-electron chi connectivity index (χ2n) is 11.9. The number of rotatable bonds is 12. The minimum atomic E-state index is -4.93. The van der Waals surface area contributed by atoms with Gasteiger partial charge in [0.2, 0.25) is 0 Å². The summed E-state index contributed by atoms with van der Waals surface area (Å²) in [7, 11) is 5.27. The smallest absolute Gasteiger partial charge is 0.419 e. The maximum Gasteiger partial charge on any atom is 0.419 e. The molecule has 3 N–H and O–H groups in total. The van der Waals surface area contributed by atoms with Gasteiger partial charge < -0.3 is 30.0 Å². The maximum atomic E-state index is 14.6. The standard InChI is InChI=1S/C19H18ClF4NO2.C15H25N3O2.CH2O/c1-9-4-12(20)5-10(2)17(9)11-6-13(15(25-3)8-16(26)27)18(21)14(7-11)19(22,23)24;1-12(2)7-8-16-14(19)13-6-5-9-18(15(13)20)11-10-17(3)4;1-2/h4-7,15,25H,8H2,1-3H3,(H,26,27);5-6,9,12H,7-8,10-11H2,1-4H3,(H,16,19);1H2. The minimum absolute atomic E-state index is 0.149. The Kier molecular flexibility index (Phi) is 17.4. The van der Waals surface area contributed by atoms with Gasteiger partial charge in [-0.1, -0.05) is 25.4 Å². The van der Waals surface area contributed by atoms with E-state index in [2.05, 4.69) is 24.5 Å². The van der Waals surface area contributed by atoms with Gasteiger partial charge in [0.15, 0.2) is 0 Å². The topological polar surface area (TPSA) is 121 Å². The lowest BCUT2D eigenvalue weighted by molar-refractivity contribution is -0.140. The van der Waals surface area contributed by atoms with Crippen LogP contribution in [0.4, 0.5) is 17.6 Å². The number of pyridine rings is 1. The number of carbonyl (C=O) groups is 3. The summed E-state index contributed by atoms with van der Waals surface area (Å²) in [6.07, 6.45) is -2.86. The highest BCUT2D eigenvalue weighted by molar-refractivity contribution is 6.30. The van der Waals surface area contributed by atoms with Crippen LogP contribution >= 0.6 is 11.6 Å². The van der Waals surface area contributed by atoms with Gasteiger partial charge in [-0.05, 0) is 106 Å². The number of aromatic nitrogens is 1. The van der Waals surface area contributed by atoms with E-state index in [0.717, 1.165) is 19.0 Å². The molecule has 0 radical (unpaired) electrons. The van der Waals surface area contributed by atoms with Crippen LogP contribution in [0.1, 0.15) is 65.3 Å². The molecule has 0 spiro atoms. The molecule has 2 aromatic carbocycles.